The molecule has 1 saturated heterocycles. The summed E-state index contributed by atoms with van der Waals surface area (Å²) in [6.45, 7) is 10.6. The average molecular weight is 459 g/mol. The summed E-state index contributed by atoms with van der Waals surface area (Å²) in [5.74, 6) is 1.01. The normalized spacial score (nSPS) is 17.5. The lowest BCUT2D eigenvalue weighted by atomic mass is 10.00. The molecule has 6 nitrogen and oxygen atoms in total. The van der Waals surface area contributed by atoms with Crippen LogP contribution in [0.4, 0.5) is 11.4 Å². The molecular formula is C25H35ClN4O2. The predicted molar refractivity (Wildman–Crippen MR) is 133 cm³/mol. The van der Waals surface area contributed by atoms with E-state index in [9.17, 15) is 4.79 Å². The van der Waals surface area contributed by atoms with Crippen molar-refractivity contribution in [2.75, 3.05) is 56.5 Å². The van der Waals surface area contributed by atoms with Gasteiger partial charge in [-0.3, -0.25) is 14.6 Å². The lowest BCUT2D eigenvalue weighted by molar-refractivity contribution is -0.116. The van der Waals surface area contributed by atoms with E-state index in [1.54, 1.807) is 11.8 Å². The van der Waals surface area contributed by atoms with E-state index in [2.05, 4.69) is 28.9 Å². The molecule has 0 radical (unpaired) electrons. The van der Waals surface area contributed by atoms with Crippen LogP contribution in [0.5, 0.6) is 5.75 Å². The highest BCUT2D eigenvalue weighted by atomic mass is 35.5. The second-order valence-corrected chi connectivity index (χ2v) is 8.71. The number of carbonyl (C=O) groups is 1. The summed E-state index contributed by atoms with van der Waals surface area (Å²) in [6, 6.07) is 14.8. The molecule has 2 aromatic carbocycles. The minimum absolute atomic E-state index is 0. The van der Waals surface area contributed by atoms with E-state index in [1.807, 2.05) is 30.3 Å². The Morgan fingerprint density at radius 2 is 1.81 bits per heavy atom. The molecular weight excluding hydrogens is 424 g/mol. The van der Waals surface area contributed by atoms with Gasteiger partial charge in [-0.05, 0) is 49.1 Å². The maximum absolute atomic E-state index is 11.8. The molecule has 2 N–H and O–H groups in total. The fraction of sp³-hybridized carbons (Fsp3) is 0.480. The quantitative estimate of drug-likeness (QED) is 0.645. The summed E-state index contributed by atoms with van der Waals surface area (Å²) in [7, 11) is 0. The van der Waals surface area contributed by atoms with Crippen molar-refractivity contribution in [3.05, 3.63) is 53.6 Å². The van der Waals surface area contributed by atoms with Crippen molar-refractivity contribution in [3.63, 3.8) is 0 Å². The number of piperazine rings is 1. The molecule has 1 unspecified atom stereocenters. The van der Waals surface area contributed by atoms with Gasteiger partial charge >= 0.3 is 0 Å². The Balaban J connectivity index is 0.00000289. The number of fused-ring (bicyclic) bond motifs is 1. The molecule has 2 aliphatic rings. The topological polar surface area (TPSA) is 62.0 Å². The number of nitrogens with zero attached hydrogens (tertiary/aromatic N) is 3. The smallest absolute Gasteiger partial charge is 0.223 e. The first-order valence-corrected chi connectivity index (χ1v) is 11.3. The Morgan fingerprint density at radius 1 is 1.09 bits per heavy atom. The monoisotopic (exact) mass is 458 g/mol. The summed E-state index contributed by atoms with van der Waals surface area (Å²) < 4.78 is 5.84. The Bertz CT molecular complexity index is 900. The van der Waals surface area contributed by atoms with Gasteiger partial charge in [0.25, 0.3) is 0 Å². The molecule has 0 saturated carbocycles. The number of hydrogen-bond acceptors (Lipinski definition) is 5. The third-order valence-electron chi connectivity index (χ3n) is 6.51. The van der Waals surface area contributed by atoms with E-state index >= 15 is 0 Å². The fourth-order valence-corrected chi connectivity index (χ4v) is 4.79. The number of nitrogens with two attached hydrogens (primary N) is 1. The van der Waals surface area contributed by atoms with Crippen molar-refractivity contribution in [1.29, 1.82) is 0 Å². The fourth-order valence-electron chi connectivity index (χ4n) is 4.79. The molecule has 174 valence electrons. The highest BCUT2D eigenvalue weighted by Gasteiger charge is 2.26. The number of hydrogen-bond donors (Lipinski definition) is 1. The molecule has 32 heavy (non-hydrogen) atoms. The van der Waals surface area contributed by atoms with Gasteiger partial charge in [-0.1, -0.05) is 24.3 Å². The summed E-state index contributed by atoms with van der Waals surface area (Å²) in [6.07, 6.45) is 1.87. The van der Waals surface area contributed by atoms with Gasteiger partial charge in [0.15, 0.2) is 0 Å². The first kappa shape index (κ1) is 24.4. The largest absolute Gasteiger partial charge is 0.492 e. The highest BCUT2D eigenvalue weighted by Crippen LogP contribution is 2.35. The second-order valence-electron chi connectivity index (χ2n) is 8.71. The Kier molecular flexibility index (Phi) is 8.40. The second kappa shape index (κ2) is 11.0. The van der Waals surface area contributed by atoms with E-state index < -0.39 is 0 Å². The third kappa shape index (κ3) is 5.74. The molecule has 0 spiro atoms. The number of rotatable bonds is 7. The maximum Gasteiger partial charge on any atom is 0.223 e. The van der Waals surface area contributed by atoms with Crippen molar-refractivity contribution < 1.29 is 9.53 Å². The van der Waals surface area contributed by atoms with Gasteiger partial charge in [0.05, 0.1) is 11.4 Å². The lowest BCUT2D eigenvalue weighted by Gasteiger charge is -2.38. The molecule has 1 fully saturated rings. The summed E-state index contributed by atoms with van der Waals surface area (Å²) in [4.78, 5) is 18.7. The number of nitrogen functional groups attached to an aromatic ring is 1. The summed E-state index contributed by atoms with van der Waals surface area (Å²) in [5, 5.41) is 0. The van der Waals surface area contributed by atoms with E-state index in [0.717, 1.165) is 75.8 Å². The van der Waals surface area contributed by atoms with Gasteiger partial charge in [-0.25, -0.2) is 0 Å². The van der Waals surface area contributed by atoms with Crippen LogP contribution >= 0.6 is 12.4 Å². The van der Waals surface area contributed by atoms with Crippen molar-refractivity contribution in [2.24, 2.45) is 0 Å². The van der Waals surface area contributed by atoms with Crippen LogP contribution < -0.4 is 15.4 Å². The van der Waals surface area contributed by atoms with E-state index in [0.29, 0.717) is 6.04 Å². The molecule has 4 rings (SSSR count). The van der Waals surface area contributed by atoms with Gasteiger partial charge < -0.3 is 15.4 Å². The van der Waals surface area contributed by atoms with Crippen LogP contribution in [0.1, 0.15) is 25.0 Å². The minimum atomic E-state index is 0. The average Bonchev–Trinajstić information content (AvgIpc) is 3.20. The number of carbonyl (C=O) groups excluding carboxylic acids is 1. The number of para-hydroxylation sites is 1. The Labute approximate surface area is 197 Å². The van der Waals surface area contributed by atoms with Gasteiger partial charge in [-0.2, -0.15) is 0 Å². The molecule has 0 aliphatic carbocycles. The maximum atomic E-state index is 11.8. The molecule has 2 aliphatic heterocycles. The zero-order valence-corrected chi connectivity index (χ0v) is 19.9. The summed E-state index contributed by atoms with van der Waals surface area (Å²) >= 11 is 0. The van der Waals surface area contributed by atoms with Gasteiger partial charge in [0.1, 0.15) is 12.4 Å². The van der Waals surface area contributed by atoms with Gasteiger partial charge in [0, 0.05) is 52.2 Å². The third-order valence-corrected chi connectivity index (χ3v) is 6.51. The molecule has 0 bridgehead atoms. The number of benzene rings is 2. The van der Waals surface area contributed by atoms with Crippen molar-refractivity contribution in [3.8, 4) is 5.75 Å². The molecule has 1 amide bonds. The van der Waals surface area contributed by atoms with Crippen LogP contribution in [0.2, 0.25) is 0 Å². The number of amides is 1. The minimum Gasteiger partial charge on any atom is -0.492 e. The van der Waals surface area contributed by atoms with Crippen LogP contribution in [0.25, 0.3) is 0 Å². The molecule has 2 aromatic rings. The number of anilines is 2. The van der Waals surface area contributed by atoms with Crippen LogP contribution in [-0.4, -0.2) is 67.6 Å². The first-order valence-electron chi connectivity index (χ1n) is 11.3. The van der Waals surface area contributed by atoms with Gasteiger partial charge in [-0.15, -0.1) is 12.4 Å². The molecule has 0 aromatic heterocycles. The van der Waals surface area contributed by atoms with Gasteiger partial charge in [0.2, 0.25) is 5.91 Å². The summed E-state index contributed by atoms with van der Waals surface area (Å²) in [5.41, 5.74) is 10.5. The van der Waals surface area contributed by atoms with Crippen molar-refractivity contribution in [1.82, 2.24) is 9.80 Å². The van der Waals surface area contributed by atoms with E-state index in [1.165, 1.54) is 11.1 Å². The Morgan fingerprint density at radius 3 is 2.50 bits per heavy atom. The van der Waals surface area contributed by atoms with Crippen LogP contribution in [0.15, 0.2) is 42.5 Å². The van der Waals surface area contributed by atoms with E-state index in [4.69, 9.17) is 10.5 Å². The molecule has 7 heteroatoms. The predicted octanol–water partition coefficient (Wildman–Crippen LogP) is 3.23. The zero-order chi connectivity index (χ0) is 21.8. The molecule has 2 heterocycles. The number of halogens is 1. The first-order chi connectivity index (χ1) is 15.0. The van der Waals surface area contributed by atoms with E-state index in [-0.39, 0.29) is 18.3 Å². The standard InChI is InChI=1S/C25H34N4O2.ClH/c1-19(16-21-17-22-8-9-29(20(2)30)25(22)24(26)18-21)28-12-10-27(11-13-28)14-15-31-23-6-4-3-5-7-23;/h3-7,17-19H,8-16,26H2,1-2H3;1H. The van der Waals surface area contributed by atoms with Crippen molar-refractivity contribution >= 4 is 29.7 Å². The Hall–Kier alpha value is -2.28. The van der Waals surface area contributed by atoms with Crippen LogP contribution in [0, 0.1) is 0 Å². The number of ether oxygens (including phenoxy) is 1. The van der Waals surface area contributed by atoms with Crippen LogP contribution in [0.3, 0.4) is 0 Å². The zero-order valence-electron chi connectivity index (χ0n) is 19.1. The molecule has 1 atom stereocenters. The van der Waals surface area contributed by atoms with Crippen molar-refractivity contribution in [2.45, 2.75) is 32.7 Å². The van der Waals surface area contributed by atoms with Crippen LogP contribution in [-0.2, 0) is 17.6 Å². The highest BCUT2D eigenvalue weighted by molar-refractivity contribution is 5.97. The SMILES string of the molecule is CC(=O)N1CCc2cc(CC(C)N3CCN(CCOc4ccccc4)CC3)cc(N)c21.Cl. The lowest BCUT2D eigenvalue weighted by Crippen LogP contribution is -2.50.